The molecular weight excluding hydrogens is 279 g/mol. The van der Waals surface area contributed by atoms with E-state index in [1.54, 1.807) is 25.7 Å². The Morgan fingerprint density at radius 2 is 1.19 bits per heavy atom. The van der Waals surface area contributed by atoms with Crippen molar-refractivity contribution in [3.63, 3.8) is 0 Å². The normalized spacial score (nSPS) is 25.1. The second kappa shape index (κ2) is 7.37. The summed E-state index contributed by atoms with van der Waals surface area (Å²) in [6, 6.07) is 0. The van der Waals surface area contributed by atoms with Gasteiger partial charge in [0.25, 0.3) is 0 Å². The monoisotopic (exact) mass is 304 g/mol. The van der Waals surface area contributed by atoms with Gasteiger partial charge in [0.05, 0.1) is 0 Å². The lowest BCUT2D eigenvalue weighted by molar-refractivity contribution is 0.484. The molecule has 2 saturated carbocycles. The first-order valence-electron chi connectivity index (χ1n) is 7.23. The highest BCUT2D eigenvalue weighted by Crippen LogP contribution is 2.55. The molecule has 0 amide bonds. The molecule has 0 bridgehead atoms. The Balaban J connectivity index is 1.91. The average molecular weight is 305 g/mol. The van der Waals surface area contributed by atoms with Gasteiger partial charge in [0.2, 0.25) is 0 Å². The van der Waals surface area contributed by atoms with Crippen molar-refractivity contribution in [3.05, 3.63) is 0 Å². The van der Waals surface area contributed by atoms with Crippen LogP contribution < -0.4 is 0 Å². The maximum Gasteiger partial charge on any atom is 0.00708 e. The molecule has 94 valence electrons. The average Bonchev–Trinajstić information content (AvgIpc) is 2.38. The van der Waals surface area contributed by atoms with Crippen LogP contribution in [-0.2, 0) is 0 Å². The topological polar surface area (TPSA) is 0 Å². The molecule has 0 nitrogen and oxygen atoms in total. The summed E-state index contributed by atoms with van der Waals surface area (Å²) in [4.78, 5) is 0. The molecule has 2 heteroatoms. The molecule has 2 aliphatic rings. The molecule has 0 aromatic heterocycles. The molecule has 2 fully saturated rings. The highest BCUT2D eigenvalue weighted by molar-refractivity contribution is 9.09. The van der Waals surface area contributed by atoms with E-state index in [4.69, 9.17) is 0 Å². The van der Waals surface area contributed by atoms with E-state index in [-0.39, 0.29) is 0 Å². The third-order valence-corrected chi connectivity index (χ3v) is 9.09. The molecule has 0 heterocycles. The van der Waals surface area contributed by atoms with Gasteiger partial charge in [0, 0.05) is 5.33 Å². The van der Waals surface area contributed by atoms with Crippen LogP contribution in [0.1, 0.15) is 64.2 Å². The van der Waals surface area contributed by atoms with Gasteiger partial charge in [0.15, 0.2) is 0 Å². The van der Waals surface area contributed by atoms with E-state index in [1.165, 1.54) is 50.0 Å². The first kappa shape index (κ1) is 13.3. The summed E-state index contributed by atoms with van der Waals surface area (Å²) < 4.78 is 0. The predicted molar refractivity (Wildman–Crippen MR) is 79.3 cm³/mol. The van der Waals surface area contributed by atoms with Crippen molar-refractivity contribution < 1.29 is 0 Å². The summed E-state index contributed by atoms with van der Waals surface area (Å²) in [5.41, 5.74) is 2.29. The van der Waals surface area contributed by atoms with Crippen molar-refractivity contribution >= 4 is 23.9 Å². The summed E-state index contributed by atoms with van der Waals surface area (Å²) in [5.74, 6) is 0. The SMILES string of the molecule is BrCCP(C1CCCCC1)C1CCCCC1. The molecule has 0 radical (unpaired) electrons. The molecule has 2 rings (SSSR count). The lowest BCUT2D eigenvalue weighted by Crippen LogP contribution is -2.22. The van der Waals surface area contributed by atoms with Crippen LogP contribution in [0.3, 0.4) is 0 Å². The zero-order valence-corrected chi connectivity index (χ0v) is 12.9. The second-order valence-electron chi connectivity index (χ2n) is 5.51. The fraction of sp³-hybridized carbons (Fsp3) is 1.00. The van der Waals surface area contributed by atoms with Crippen LogP contribution in [0.4, 0.5) is 0 Å². The maximum absolute atomic E-state index is 3.70. The van der Waals surface area contributed by atoms with Crippen LogP contribution in [-0.4, -0.2) is 22.8 Å². The minimum absolute atomic E-state index is 0.356. The van der Waals surface area contributed by atoms with Gasteiger partial charge in [-0.05, 0) is 43.2 Å². The summed E-state index contributed by atoms with van der Waals surface area (Å²) in [6.45, 7) is 0. The lowest BCUT2D eigenvalue weighted by atomic mass is 9.99. The fourth-order valence-electron chi connectivity index (χ4n) is 3.59. The molecular formula is C14H26BrP. The molecule has 0 spiro atoms. The van der Waals surface area contributed by atoms with Gasteiger partial charge in [-0.15, -0.1) is 0 Å². The van der Waals surface area contributed by atoms with E-state index in [0.29, 0.717) is 7.92 Å². The Morgan fingerprint density at radius 1 is 0.750 bits per heavy atom. The van der Waals surface area contributed by atoms with Gasteiger partial charge >= 0.3 is 0 Å². The van der Waals surface area contributed by atoms with Crippen molar-refractivity contribution in [2.45, 2.75) is 75.5 Å². The van der Waals surface area contributed by atoms with E-state index in [9.17, 15) is 0 Å². The van der Waals surface area contributed by atoms with Crippen LogP contribution >= 0.6 is 23.9 Å². The maximum atomic E-state index is 3.70. The first-order chi connectivity index (χ1) is 7.92. The number of halogens is 1. The van der Waals surface area contributed by atoms with Gasteiger partial charge in [-0.25, -0.2) is 0 Å². The van der Waals surface area contributed by atoms with Crippen LogP contribution in [0.25, 0.3) is 0 Å². The van der Waals surface area contributed by atoms with E-state index < -0.39 is 0 Å². The molecule has 0 unspecified atom stereocenters. The van der Waals surface area contributed by atoms with Gasteiger partial charge < -0.3 is 0 Å². The Morgan fingerprint density at radius 3 is 1.56 bits per heavy atom. The minimum Gasteiger partial charge on any atom is -0.0995 e. The summed E-state index contributed by atoms with van der Waals surface area (Å²) >= 11 is 3.70. The third kappa shape index (κ3) is 3.70. The van der Waals surface area contributed by atoms with Crippen molar-refractivity contribution in [3.8, 4) is 0 Å². The van der Waals surface area contributed by atoms with Gasteiger partial charge in [0.1, 0.15) is 0 Å². The third-order valence-electron chi connectivity index (χ3n) is 4.43. The largest absolute Gasteiger partial charge is 0.0995 e. The standard InChI is InChI=1S/C14H26BrP/c15-11-12-16(13-7-3-1-4-8-13)14-9-5-2-6-10-14/h13-14H,1-12H2. The van der Waals surface area contributed by atoms with Gasteiger partial charge in [-0.2, -0.15) is 0 Å². The Labute approximate surface area is 111 Å². The summed E-state index contributed by atoms with van der Waals surface area (Å²) in [7, 11) is 0.356. The first-order valence-corrected chi connectivity index (χ1v) is 10.0. The summed E-state index contributed by atoms with van der Waals surface area (Å²) in [5, 5.41) is 1.26. The Hall–Kier alpha value is 0.910. The number of alkyl halides is 1. The molecule has 0 aliphatic heterocycles. The van der Waals surface area contributed by atoms with Crippen molar-refractivity contribution in [2.24, 2.45) is 0 Å². The van der Waals surface area contributed by atoms with Crippen molar-refractivity contribution in [1.82, 2.24) is 0 Å². The Kier molecular flexibility index (Phi) is 6.14. The van der Waals surface area contributed by atoms with Crippen LogP contribution in [0.2, 0.25) is 0 Å². The molecule has 2 aliphatic carbocycles. The van der Waals surface area contributed by atoms with Gasteiger partial charge in [-0.3, -0.25) is 0 Å². The minimum atomic E-state index is 0.356. The quantitative estimate of drug-likeness (QED) is 0.473. The van der Waals surface area contributed by atoms with Crippen LogP contribution in [0.15, 0.2) is 0 Å². The highest BCUT2D eigenvalue weighted by atomic mass is 79.9. The lowest BCUT2D eigenvalue weighted by Gasteiger charge is -2.38. The molecule has 0 aromatic carbocycles. The second-order valence-corrected chi connectivity index (χ2v) is 9.24. The molecule has 0 atom stereocenters. The smallest absolute Gasteiger partial charge is 0.00708 e. The number of hydrogen-bond donors (Lipinski definition) is 0. The summed E-state index contributed by atoms with van der Waals surface area (Å²) in [6.07, 6.45) is 16.9. The van der Waals surface area contributed by atoms with Crippen LogP contribution in [0.5, 0.6) is 0 Å². The van der Waals surface area contributed by atoms with E-state index in [1.807, 2.05) is 0 Å². The van der Waals surface area contributed by atoms with E-state index >= 15 is 0 Å². The molecule has 0 saturated heterocycles. The zero-order chi connectivity index (χ0) is 11.2. The van der Waals surface area contributed by atoms with Crippen molar-refractivity contribution in [2.75, 3.05) is 11.5 Å². The van der Waals surface area contributed by atoms with Gasteiger partial charge in [-0.1, -0.05) is 62.4 Å². The molecule has 0 N–H and O–H groups in total. The fourth-order valence-corrected chi connectivity index (χ4v) is 8.39. The van der Waals surface area contributed by atoms with E-state index in [2.05, 4.69) is 15.9 Å². The molecule has 0 aromatic rings. The van der Waals surface area contributed by atoms with E-state index in [0.717, 1.165) is 11.3 Å². The predicted octanol–water partition coefficient (Wildman–Crippen LogP) is 5.53. The van der Waals surface area contributed by atoms with Crippen LogP contribution in [0, 0.1) is 0 Å². The number of rotatable bonds is 4. The molecule has 16 heavy (non-hydrogen) atoms. The number of hydrogen-bond acceptors (Lipinski definition) is 0. The Bertz CT molecular complexity index is 165. The zero-order valence-electron chi connectivity index (χ0n) is 10.5. The highest BCUT2D eigenvalue weighted by Gasteiger charge is 2.30. The van der Waals surface area contributed by atoms with Crippen molar-refractivity contribution in [1.29, 1.82) is 0 Å².